The summed E-state index contributed by atoms with van der Waals surface area (Å²) >= 11 is 0. The van der Waals surface area contributed by atoms with E-state index in [1.165, 1.54) is 0 Å². The SMILES string of the molecule is NC(N)=NCCCC(N)C(=O)O.O=C(O)C(O)C(O)C(O)C(O)CO. The third-order valence-corrected chi connectivity index (χ3v) is 2.79. The highest BCUT2D eigenvalue weighted by molar-refractivity contribution is 5.75. The van der Waals surface area contributed by atoms with E-state index in [2.05, 4.69) is 4.99 Å². The fourth-order valence-electron chi connectivity index (χ4n) is 1.31. The van der Waals surface area contributed by atoms with Gasteiger partial charge in [0.1, 0.15) is 24.4 Å². The minimum absolute atomic E-state index is 0.0129. The number of hydrogen-bond acceptors (Lipinski definition) is 9. The summed E-state index contributed by atoms with van der Waals surface area (Å²) in [6.07, 6.45) is -6.88. The van der Waals surface area contributed by atoms with Gasteiger partial charge in [-0.2, -0.15) is 0 Å². The number of aliphatic carboxylic acids is 2. The number of nitrogens with zero attached hydrogens (tertiary/aromatic N) is 1. The second kappa shape index (κ2) is 13.3. The van der Waals surface area contributed by atoms with Gasteiger partial charge in [-0.25, -0.2) is 4.79 Å². The molecule has 13 nitrogen and oxygen atoms in total. The van der Waals surface area contributed by atoms with E-state index in [1.54, 1.807) is 0 Å². The quantitative estimate of drug-likeness (QED) is 0.0983. The summed E-state index contributed by atoms with van der Waals surface area (Å²) in [5.41, 5.74) is 15.3. The Morgan fingerprint density at radius 1 is 0.960 bits per heavy atom. The first-order valence-corrected chi connectivity index (χ1v) is 7.05. The normalized spacial score (nSPS) is 16.4. The molecule has 0 radical (unpaired) electrons. The molecule has 0 aliphatic rings. The molecule has 0 aliphatic carbocycles. The summed E-state index contributed by atoms with van der Waals surface area (Å²) in [6, 6.07) is -0.820. The maximum atomic E-state index is 10.2. The number of rotatable bonds is 10. The minimum atomic E-state index is -2.20. The van der Waals surface area contributed by atoms with Crippen molar-refractivity contribution in [3.63, 3.8) is 0 Å². The fourth-order valence-corrected chi connectivity index (χ4v) is 1.31. The molecule has 0 heterocycles. The maximum Gasteiger partial charge on any atom is 0.335 e. The summed E-state index contributed by atoms with van der Waals surface area (Å²) < 4.78 is 0. The van der Waals surface area contributed by atoms with Crippen LogP contribution in [0.4, 0.5) is 0 Å². The lowest BCUT2D eigenvalue weighted by Gasteiger charge is -2.23. The van der Waals surface area contributed by atoms with Gasteiger partial charge in [0.2, 0.25) is 0 Å². The van der Waals surface area contributed by atoms with E-state index >= 15 is 0 Å². The van der Waals surface area contributed by atoms with E-state index < -0.39 is 49.0 Å². The Morgan fingerprint density at radius 2 is 1.48 bits per heavy atom. The number of hydrogen-bond donors (Lipinski definition) is 10. The van der Waals surface area contributed by atoms with Crippen molar-refractivity contribution in [1.82, 2.24) is 0 Å². The van der Waals surface area contributed by atoms with Gasteiger partial charge in [0, 0.05) is 6.54 Å². The van der Waals surface area contributed by atoms with E-state index in [1.807, 2.05) is 0 Å². The minimum Gasteiger partial charge on any atom is -0.480 e. The topological polar surface area (TPSA) is 266 Å². The van der Waals surface area contributed by atoms with E-state index in [4.69, 9.17) is 52.9 Å². The summed E-state index contributed by atoms with van der Waals surface area (Å²) in [5, 5.41) is 60.2. The van der Waals surface area contributed by atoms with Crippen LogP contribution in [0.1, 0.15) is 12.8 Å². The number of aliphatic hydroxyl groups excluding tert-OH is 5. The number of guanidine groups is 1. The van der Waals surface area contributed by atoms with Crippen LogP contribution in [0.2, 0.25) is 0 Å². The first-order chi connectivity index (χ1) is 11.4. The van der Waals surface area contributed by atoms with Crippen LogP contribution in [-0.2, 0) is 9.59 Å². The van der Waals surface area contributed by atoms with E-state index in [0.29, 0.717) is 19.4 Å². The smallest absolute Gasteiger partial charge is 0.335 e. The molecule has 148 valence electrons. The van der Waals surface area contributed by atoms with Gasteiger partial charge < -0.3 is 52.9 Å². The molecule has 0 spiro atoms. The average Bonchev–Trinajstić information content (AvgIpc) is 2.55. The van der Waals surface area contributed by atoms with Crippen molar-refractivity contribution in [2.24, 2.45) is 22.2 Å². The van der Waals surface area contributed by atoms with Gasteiger partial charge in [0.05, 0.1) is 6.61 Å². The van der Waals surface area contributed by atoms with Gasteiger partial charge in [-0.1, -0.05) is 0 Å². The number of carbonyl (C=O) groups is 2. The Hall–Kier alpha value is -2.03. The molecule has 0 saturated carbocycles. The van der Waals surface area contributed by atoms with Gasteiger partial charge in [-0.15, -0.1) is 0 Å². The largest absolute Gasteiger partial charge is 0.480 e. The Labute approximate surface area is 143 Å². The third kappa shape index (κ3) is 12.0. The van der Waals surface area contributed by atoms with Crippen LogP contribution >= 0.6 is 0 Å². The van der Waals surface area contributed by atoms with E-state index in [9.17, 15) is 9.59 Å². The molecule has 0 rings (SSSR count). The highest BCUT2D eigenvalue weighted by atomic mass is 16.4. The van der Waals surface area contributed by atoms with Crippen molar-refractivity contribution in [2.75, 3.05) is 13.2 Å². The molecule has 0 bridgehead atoms. The van der Waals surface area contributed by atoms with Crippen molar-refractivity contribution >= 4 is 17.9 Å². The second-order valence-electron chi connectivity index (χ2n) is 4.91. The van der Waals surface area contributed by atoms with Crippen molar-refractivity contribution in [2.45, 2.75) is 43.3 Å². The molecular formula is C12H26N4O9. The van der Waals surface area contributed by atoms with Crippen molar-refractivity contribution in [3.8, 4) is 0 Å². The summed E-state index contributed by atoms with van der Waals surface area (Å²) in [5.74, 6) is -2.71. The number of aliphatic imine (C=N–C) groups is 1. The van der Waals surface area contributed by atoms with Gasteiger partial charge in [-0.05, 0) is 12.8 Å². The molecule has 5 unspecified atom stereocenters. The Morgan fingerprint density at radius 3 is 1.84 bits per heavy atom. The second-order valence-corrected chi connectivity index (χ2v) is 4.91. The van der Waals surface area contributed by atoms with Gasteiger partial charge in [0.15, 0.2) is 12.1 Å². The lowest BCUT2D eigenvalue weighted by atomic mass is 10.0. The molecule has 25 heavy (non-hydrogen) atoms. The van der Waals surface area contributed by atoms with Crippen LogP contribution in [-0.4, -0.2) is 97.3 Å². The lowest BCUT2D eigenvalue weighted by molar-refractivity contribution is -0.164. The maximum absolute atomic E-state index is 10.2. The van der Waals surface area contributed by atoms with Gasteiger partial charge in [-0.3, -0.25) is 9.79 Å². The van der Waals surface area contributed by atoms with Crippen LogP contribution in [0.15, 0.2) is 4.99 Å². The zero-order valence-electron chi connectivity index (χ0n) is 13.3. The standard InChI is InChI=1S/C6H14N4O2.C6H12O7/c7-4(5(11)12)2-1-3-10-6(8)9;7-1-2(8)3(9)4(10)5(11)6(12)13/h4H,1-3,7H2,(H,11,12)(H4,8,9,10);2-5,7-11H,1H2,(H,12,13). The number of aliphatic hydroxyl groups is 5. The molecule has 0 aliphatic heterocycles. The molecule has 0 fully saturated rings. The van der Waals surface area contributed by atoms with Gasteiger partial charge in [0.25, 0.3) is 0 Å². The number of carboxylic acids is 2. The molecule has 0 aromatic rings. The first kappa shape index (κ1) is 25.2. The molecular weight excluding hydrogens is 344 g/mol. The Bertz CT molecular complexity index is 431. The molecule has 13 heteroatoms. The van der Waals surface area contributed by atoms with Crippen LogP contribution in [0.3, 0.4) is 0 Å². The molecule has 5 atom stereocenters. The predicted octanol–water partition coefficient (Wildman–Crippen LogP) is -5.04. The predicted molar refractivity (Wildman–Crippen MR) is 84.3 cm³/mol. The zero-order chi connectivity index (χ0) is 20.2. The third-order valence-electron chi connectivity index (χ3n) is 2.79. The highest BCUT2D eigenvalue weighted by Crippen LogP contribution is 2.04. The zero-order valence-corrected chi connectivity index (χ0v) is 13.3. The molecule has 0 saturated heterocycles. The summed E-state index contributed by atoms with van der Waals surface area (Å²) in [6.45, 7) is -0.423. The number of nitrogens with two attached hydrogens (primary N) is 3. The lowest BCUT2D eigenvalue weighted by Crippen LogP contribution is -2.48. The fraction of sp³-hybridized carbons (Fsp3) is 0.750. The van der Waals surface area contributed by atoms with E-state index in [-0.39, 0.29) is 5.96 Å². The summed E-state index contributed by atoms with van der Waals surface area (Å²) in [4.78, 5) is 24.0. The molecule has 0 amide bonds. The van der Waals surface area contributed by atoms with Gasteiger partial charge >= 0.3 is 11.9 Å². The van der Waals surface area contributed by atoms with Crippen molar-refractivity contribution < 1.29 is 45.3 Å². The Balaban J connectivity index is 0. The number of carboxylic acid groups (broad SMARTS) is 2. The Kier molecular flexibility index (Phi) is 13.4. The van der Waals surface area contributed by atoms with Crippen molar-refractivity contribution in [3.05, 3.63) is 0 Å². The van der Waals surface area contributed by atoms with Crippen LogP contribution in [0.25, 0.3) is 0 Å². The van der Waals surface area contributed by atoms with E-state index in [0.717, 1.165) is 0 Å². The first-order valence-electron chi connectivity index (χ1n) is 7.05. The molecule has 0 aromatic heterocycles. The van der Waals surface area contributed by atoms with Crippen LogP contribution in [0, 0.1) is 0 Å². The average molecular weight is 370 g/mol. The highest BCUT2D eigenvalue weighted by Gasteiger charge is 2.33. The molecule has 0 aromatic carbocycles. The molecule has 13 N–H and O–H groups in total. The summed E-state index contributed by atoms with van der Waals surface area (Å²) in [7, 11) is 0. The van der Waals surface area contributed by atoms with Crippen LogP contribution in [0.5, 0.6) is 0 Å². The van der Waals surface area contributed by atoms with Crippen LogP contribution < -0.4 is 17.2 Å². The van der Waals surface area contributed by atoms with Crippen molar-refractivity contribution in [1.29, 1.82) is 0 Å². The monoisotopic (exact) mass is 370 g/mol.